The van der Waals surface area contributed by atoms with Crippen LogP contribution in [0.2, 0.25) is 0 Å². The van der Waals surface area contributed by atoms with Crippen molar-refractivity contribution in [3.63, 3.8) is 0 Å². The Morgan fingerprint density at radius 3 is 1.37 bits per heavy atom. The van der Waals surface area contributed by atoms with Crippen molar-refractivity contribution in [2.24, 2.45) is 23.7 Å². The number of piperazine rings is 2. The zero-order valence-electron chi connectivity index (χ0n) is 28.6. The van der Waals surface area contributed by atoms with Gasteiger partial charge in [0.1, 0.15) is 0 Å². The number of carbonyl (C=O) groups is 6. The molecule has 0 radical (unpaired) electrons. The van der Waals surface area contributed by atoms with Gasteiger partial charge in [0, 0.05) is 66.2 Å². The summed E-state index contributed by atoms with van der Waals surface area (Å²) in [4.78, 5) is 77.8. The number of hydrogen-bond donors (Lipinski definition) is 1. The molecule has 1 N–H and O–H groups in total. The van der Waals surface area contributed by atoms with Crippen LogP contribution in [-0.2, 0) is 52.5 Å². The van der Waals surface area contributed by atoms with Crippen LogP contribution in [0, 0.1) is 23.7 Å². The first-order valence-electron chi connectivity index (χ1n) is 16.8. The van der Waals surface area contributed by atoms with Crippen molar-refractivity contribution in [3.05, 3.63) is 0 Å². The number of carboxylic acids is 1. The summed E-state index contributed by atoms with van der Waals surface area (Å²) in [5.41, 5.74) is 0. The maximum Gasteiger partial charge on any atom is 0.315 e. The van der Waals surface area contributed by atoms with Gasteiger partial charge >= 0.3 is 23.9 Å². The third kappa shape index (κ3) is 9.81. The van der Waals surface area contributed by atoms with E-state index in [0.29, 0.717) is 26.2 Å². The number of rotatable bonds is 7. The van der Waals surface area contributed by atoms with Gasteiger partial charge in [0.25, 0.3) is 0 Å². The number of likely N-dealkylation sites (N-methyl/N-ethyl adjacent to an activating group) is 2. The number of esters is 3. The number of carboxylic acid groups (broad SMARTS) is 1. The molecular formula is C32H49ClN4O12. The average Bonchev–Trinajstić information content (AvgIpc) is 3.87. The summed E-state index contributed by atoms with van der Waals surface area (Å²) < 4.78 is 25.3. The Labute approximate surface area is 291 Å². The van der Waals surface area contributed by atoms with Gasteiger partial charge in [-0.25, -0.2) is 0 Å². The van der Waals surface area contributed by atoms with Crippen LogP contribution in [0.25, 0.3) is 0 Å². The summed E-state index contributed by atoms with van der Waals surface area (Å²) in [5.74, 6) is -4.52. The first-order chi connectivity index (χ1) is 23.3. The lowest BCUT2D eigenvalue weighted by Crippen LogP contribution is -2.52. The molecule has 6 rings (SSSR count). The van der Waals surface area contributed by atoms with Gasteiger partial charge in [-0.15, -0.1) is 0 Å². The highest BCUT2D eigenvalue weighted by molar-refractivity contribution is 6.17. The Morgan fingerprint density at radius 1 is 0.612 bits per heavy atom. The van der Waals surface area contributed by atoms with Gasteiger partial charge < -0.3 is 48.4 Å². The molecule has 0 aliphatic carbocycles. The number of fused-ring (bicyclic) bond motifs is 4. The molecule has 0 aromatic rings. The van der Waals surface area contributed by atoms with E-state index >= 15 is 0 Å². The first kappa shape index (κ1) is 38.7. The molecule has 6 saturated heterocycles. The van der Waals surface area contributed by atoms with Gasteiger partial charge in [-0.05, 0) is 39.8 Å². The van der Waals surface area contributed by atoms with E-state index in [1.54, 1.807) is 0 Å². The topological polar surface area (TPSA) is 182 Å². The molecule has 2 amide bonds. The van der Waals surface area contributed by atoms with Crippen LogP contribution in [0.4, 0.5) is 0 Å². The third-order valence-electron chi connectivity index (χ3n) is 10.0. The van der Waals surface area contributed by atoms with Crippen LogP contribution < -0.4 is 0 Å². The van der Waals surface area contributed by atoms with E-state index in [9.17, 15) is 33.9 Å². The molecule has 8 atom stereocenters. The molecule has 16 nitrogen and oxygen atoms in total. The summed E-state index contributed by atoms with van der Waals surface area (Å²) in [6.45, 7) is 8.20. The van der Waals surface area contributed by atoms with Gasteiger partial charge in [0.05, 0.1) is 48.1 Å². The fourth-order valence-corrected chi connectivity index (χ4v) is 7.57. The SMILES string of the molecule is CC(=O)OCCl.CC(=O)OCOC(=O)C1C2CCC(O2)C1C(=O)N1CCN(C)CC1.CN1CCN(C(=O)C2C3CCC(O3)C2C(=O)O)CC1. The van der Waals surface area contributed by atoms with E-state index in [-0.39, 0.29) is 48.3 Å². The number of carbonyl (C=O) groups excluding carboxylic acids is 5. The Bertz CT molecular complexity index is 1210. The van der Waals surface area contributed by atoms with Crippen LogP contribution in [-0.4, -0.2) is 164 Å². The molecule has 6 aliphatic heterocycles. The number of alkyl halides is 1. The fraction of sp³-hybridized carbons (Fsp3) is 0.812. The summed E-state index contributed by atoms with van der Waals surface area (Å²) in [6, 6.07) is -0.0463. The summed E-state index contributed by atoms with van der Waals surface area (Å²) in [7, 11) is 4.06. The third-order valence-corrected chi connectivity index (χ3v) is 10.1. The van der Waals surface area contributed by atoms with Crippen molar-refractivity contribution < 1.29 is 57.6 Å². The number of aliphatic carboxylic acids is 1. The number of hydrogen-bond acceptors (Lipinski definition) is 13. The van der Waals surface area contributed by atoms with Crippen molar-refractivity contribution in [1.29, 1.82) is 0 Å². The van der Waals surface area contributed by atoms with Gasteiger partial charge in [-0.3, -0.25) is 28.8 Å². The molecule has 6 aliphatic rings. The maximum absolute atomic E-state index is 12.9. The van der Waals surface area contributed by atoms with Gasteiger partial charge in [-0.1, -0.05) is 11.6 Å². The number of amides is 2. The predicted molar refractivity (Wildman–Crippen MR) is 171 cm³/mol. The first-order valence-corrected chi connectivity index (χ1v) is 17.3. The van der Waals surface area contributed by atoms with E-state index in [4.69, 9.17) is 25.8 Å². The minimum atomic E-state index is -0.889. The number of ether oxygens (including phenoxy) is 5. The monoisotopic (exact) mass is 716 g/mol. The Kier molecular flexibility index (Phi) is 14.0. The van der Waals surface area contributed by atoms with Gasteiger partial charge in [0.2, 0.25) is 18.6 Å². The van der Waals surface area contributed by atoms with Crippen molar-refractivity contribution in [2.75, 3.05) is 79.3 Å². The summed E-state index contributed by atoms with van der Waals surface area (Å²) in [6.07, 6.45) is 2.21. The number of nitrogens with zero attached hydrogens (tertiary/aromatic N) is 4. The molecule has 276 valence electrons. The van der Waals surface area contributed by atoms with E-state index in [1.165, 1.54) is 13.8 Å². The highest BCUT2D eigenvalue weighted by atomic mass is 35.5. The molecule has 0 spiro atoms. The lowest BCUT2D eigenvalue weighted by atomic mass is 9.78. The Balaban J connectivity index is 0.000000193. The molecule has 0 saturated carbocycles. The van der Waals surface area contributed by atoms with Crippen LogP contribution >= 0.6 is 11.6 Å². The normalized spacial score (nSPS) is 31.9. The second kappa shape index (κ2) is 17.7. The van der Waals surface area contributed by atoms with E-state index in [1.807, 2.05) is 23.9 Å². The highest BCUT2D eigenvalue weighted by Gasteiger charge is 2.58. The molecule has 49 heavy (non-hydrogen) atoms. The molecule has 17 heteroatoms. The van der Waals surface area contributed by atoms with Crippen molar-refractivity contribution >= 4 is 47.3 Å². The molecule has 0 aromatic heterocycles. The summed E-state index contributed by atoms with van der Waals surface area (Å²) in [5, 5.41) is 9.34. The van der Waals surface area contributed by atoms with E-state index in [0.717, 1.165) is 51.9 Å². The van der Waals surface area contributed by atoms with E-state index < -0.39 is 48.4 Å². The van der Waals surface area contributed by atoms with Gasteiger partial charge in [-0.2, -0.15) is 0 Å². The molecule has 6 fully saturated rings. The maximum atomic E-state index is 12.9. The van der Waals surface area contributed by atoms with Crippen LogP contribution in [0.5, 0.6) is 0 Å². The van der Waals surface area contributed by atoms with Crippen molar-refractivity contribution in [1.82, 2.24) is 19.6 Å². The van der Waals surface area contributed by atoms with Crippen LogP contribution in [0.1, 0.15) is 39.5 Å². The molecular weight excluding hydrogens is 668 g/mol. The second-order valence-electron chi connectivity index (χ2n) is 13.2. The highest BCUT2D eigenvalue weighted by Crippen LogP contribution is 2.46. The zero-order chi connectivity index (χ0) is 35.8. The fourth-order valence-electron chi connectivity index (χ4n) is 7.42. The van der Waals surface area contributed by atoms with Crippen molar-refractivity contribution in [2.45, 2.75) is 63.9 Å². The van der Waals surface area contributed by atoms with Crippen LogP contribution in [0.3, 0.4) is 0 Å². The lowest BCUT2D eigenvalue weighted by Gasteiger charge is -2.36. The quantitative estimate of drug-likeness (QED) is 0.211. The molecule has 0 aromatic carbocycles. The summed E-state index contributed by atoms with van der Waals surface area (Å²) >= 11 is 4.95. The minimum Gasteiger partial charge on any atom is -0.481 e. The van der Waals surface area contributed by atoms with Gasteiger partial charge in [0.15, 0.2) is 6.07 Å². The van der Waals surface area contributed by atoms with Crippen molar-refractivity contribution in [3.8, 4) is 0 Å². The number of halogens is 1. The predicted octanol–water partition coefficient (Wildman–Crippen LogP) is 0.00220. The smallest absolute Gasteiger partial charge is 0.315 e. The Morgan fingerprint density at radius 2 is 1.00 bits per heavy atom. The molecule has 6 heterocycles. The van der Waals surface area contributed by atoms with E-state index in [2.05, 4.69) is 19.3 Å². The standard InChI is InChI=1S/C16H24N2O6.C13H20N2O4.C3H5ClO2/c1-10(19)22-9-23-16(21)14-12-4-3-11(24-12)13(14)15(20)18-7-5-17(2)6-8-18;1-14-4-6-15(7-5-14)12(16)10-8-2-3-9(19-8)11(10)13(17)18;1-3(5)6-2-4/h11-14H,3-9H2,1-2H3;8-11H,2-7H2,1H3,(H,17,18);2H2,1H3. The lowest BCUT2D eigenvalue weighted by molar-refractivity contribution is -0.172. The minimum absolute atomic E-state index is 0.0206. The second-order valence-corrected chi connectivity index (χ2v) is 13.5. The van der Waals surface area contributed by atoms with Crippen LogP contribution in [0.15, 0.2) is 0 Å². The molecule has 8 unspecified atom stereocenters. The Hall–Kier alpha value is -3.05. The largest absolute Gasteiger partial charge is 0.481 e. The zero-order valence-corrected chi connectivity index (χ0v) is 29.4. The average molecular weight is 717 g/mol. The molecule has 4 bridgehead atoms.